The van der Waals surface area contributed by atoms with Crippen LogP contribution >= 0.6 is 0 Å². The molecule has 8 heteroatoms. The highest BCUT2D eigenvalue weighted by molar-refractivity contribution is 5.95. The molecule has 1 fully saturated rings. The van der Waals surface area contributed by atoms with E-state index in [4.69, 9.17) is 0 Å². The molecule has 0 spiro atoms. The van der Waals surface area contributed by atoms with Crippen molar-refractivity contribution in [3.63, 3.8) is 0 Å². The van der Waals surface area contributed by atoms with E-state index in [0.717, 1.165) is 22.2 Å². The van der Waals surface area contributed by atoms with Crippen LogP contribution < -0.4 is 5.32 Å². The van der Waals surface area contributed by atoms with Gasteiger partial charge in [-0.2, -0.15) is 5.10 Å². The molecule has 176 valence electrons. The number of hydrogen-bond donors (Lipinski definition) is 2. The number of H-pyrrole nitrogens is 1. The van der Waals surface area contributed by atoms with Gasteiger partial charge in [-0.15, -0.1) is 0 Å². The summed E-state index contributed by atoms with van der Waals surface area (Å²) < 4.78 is 0. The Balaban J connectivity index is 1.28. The van der Waals surface area contributed by atoms with E-state index < -0.39 is 0 Å². The maximum Gasteiger partial charge on any atom is 0.253 e. The number of hydrogen-bond acceptors (Lipinski definition) is 4. The van der Waals surface area contributed by atoms with E-state index in [9.17, 15) is 14.4 Å². The molecular weight excluding hydrogens is 430 g/mol. The second-order valence-corrected chi connectivity index (χ2v) is 8.37. The highest BCUT2D eigenvalue weighted by atomic mass is 16.2. The summed E-state index contributed by atoms with van der Waals surface area (Å²) in [5.41, 5.74) is 3.49. The fourth-order valence-corrected chi connectivity index (χ4v) is 4.03. The van der Waals surface area contributed by atoms with Crippen molar-refractivity contribution >= 4 is 40.8 Å². The lowest BCUT2D eigenvalue weighted by atomic mass is 10.1. The van der Waals surface area contributed by atoms with E-state index in [1.165, 1.54) is 6.92 Å². The second-order valence-electron chi connectivity index (χ2n) is 8.37. The van der Waals surface area contributed by atoms with E-state index >= 15 is 0 Å². The van der Waals surface area contributed by atoms with E-state index in [0.29, 0.717) is 51.1 Å². The number of benzene rings is 2. The van der Waals surface area contributed by atoms with Gasteiger partial charge in [-0.1, -0.05) is 36.4 Å². The minimum atomic E-state index is -0.0880. The van der Waals surface area contributed by atoms with Gasteiger partial charge in [-0.3, -0.25) is 19.5 Å². The lowest BCUT2D eigenvalue weighted by Crippen LogP contribution is -2.50. The average molecular weight is 460 g/mol. The zero-order chi connectivity index (χ0) is 23.9. The van der Waals surface area contributed by atoms with E-state index in [2.05, 4.69) is 15.5 Å². The van der Waals surface area contributed by atoms with Crippen molar-refractivity contribution in [3.8, 4) is 0 Å². The quantitative estimate of drug-likeness (QED) is 0.531. The van der Waals surface area contributed by atoms with Gasteiger partial charge in [0.05, 0.1) is 11.2 Å². The molecule has 34 heavy (non-hydrogen) atoms. The van der Waals surface area contributed by atoms with Gasteiger partial charge in [-0.05, 0) is 36.3 Å². The summed E-state index contributed by atoms with van der Waals surface area (Å²) in [5, 5.41) is 11.1. The van der Waals surface area contributed by atoms with E-state index in [1.54, 1.807) is 9.80 Å². The van der Waals surface area contributed by atoms with Crippen LogP contribution in [0.2, 0.25) is 0 Å². The van der Waals surface area contributed by atoms with Gasteiger partial charge < -0.3 is 15.1 Å². The number of rotatable bonds is 7. The molecule has 2 heterocycles. The molecular formula is C26H29N5O3. The van der Waals surface area contributed by atoms with Crippen LogP contribution in [0.15, 0.2) is 48.5 Å². The van der Waals surface area contributed by atoms with Crippen molar-refractivity contribution in [2.75, 3.05) is 32.7 Å². The van der Waals surface area contributed by atoms with Crippen LogP contribution in [0.3, 0.4) is 0 Å². The van der Waals surface area contributed by atoms with Crippen LogP contribution in [0.5, 0.6) is 0 Å². The Kier molecular flexibility index (Phi) is 7.37. The highest BCUT2D eigenvalue weighted by Gasteiger charge is 2.24. The molecule has 1 aliphatic heterocycles. The summed E-state index contributed by atoms with van der Waals surface area (Å²) in [5.74, 6) is -0.0419. The highest BCUT2D eigenvalue weighted by Crippen LogP contribution is 2.18. The minimum absolute atomic E-state index is 0.0217. The molecule has 0 unspecified atom stereocenters. The number of nitrogens with one attached hydrogen (secondary N) is 2. The number of aromatic nitrogens is 2. The monoisotopic (exact) mass is 459 g/mol. The molecule has 0 radical (unpaired) electrons. The number of nitrogens with zero attached hydrogens (tertiary/aromatic N) is 3. The summed E-state index contributed by atoms with van der Waals surface area (Å²) >= 11 is 0. The van der Waals surface area contributed by atoms with Crippen molar-refractivity contribution in [3.05, 3.63) is 65.4 Å². The molecule has 0 aliphatic carbocycles. The third kappa shape index (κ3) is 5.70. The molecule has 0 atom stereocenters. The SMILES string of the molecule is CC(=O)NCCCC(=O)N1CCN(C(=O)c2ccc(C=Cc3n[nH]c4ccccc34)cc2)CC1. The average Bonchev–Trinajstić information content (AvgIpc) is 3.28. The maximum atomic E-state index is 12.9. The fourth-order valence-electron chi connectivity index (χ4n) is 4.03. The van der Waals surface area contributed by atoms with Crippen LogP contribution in [0.25, 0.3) is 23.1 Å². The first kappa shape index (κ1) is 23.2. The Morgan fingerprint density at radius 3 is 2.41 bits per heavy atom. The first-order valence-corrected chi connectivity index (χ1v) is 11.5. The van der Waals surface area contributed by atoms with Gasteiger partial charge in [0.15, 0.2) is 0 Å². The standard InChI is InChI=1S/C26H29N5O3/c1-19(32)27-14-4-7-25(33)30-15-17-31(18-16-30)26(34)21-11-8-20(9-12-21)10-13-24-22-5-2-3-6-23(22)28-29-24/h2-3,5-6,8-13H,4,7,14-18H2,1H3,(H,27,32)(H,28,29). The van der Waals surface area contributed by atoms with Crippen LogP contribution in [0, 0.1) is 0 Å². The number of carbonyl (C=O) groups is 3. The van der Waals surface area contributed by atoms with Gasteiger partial charge in [0.2, 0.25) is 11.8 Å². The van der Waals surface area contributed by atoms with Crippen molar-refractivity contribution in [1.29, 1.82) is 0 Å². The van der Waals surface area contributed by atoms with Crippen molar-refractivity contribution in [2.45, 2.75) is 19.8 Å². The zero-order valence-corrected chi connectivity index (χ0v) is 19.3. The minimum Gasteiger partial charge on any atom is -0.356 e. The summed E-state index contributed by atoms with van der Waals surface area (Å²) in [6, 6.07) is 15.5. The number of fused-ring (bicyclic) bond motifs is 1. The van der Waals surface area contributed by atoms with Gasteiger partial charge in [0, 0.05) is 57.0 Å². The van der Waals surface area contributed by atoms with Gasteiger partial charge in [0.1, 0.15) is 0 Å². The smallest absolute Gasteiger partial charge is 0.253 e. The van der Waals surface area contributed by atoms with Gasteiger partial charge in [-0.25, -0.2) is 0 Å². The first-order valence-electron chi connectivity index (χ1n) is 11.5. The maximum absolute atomic E-state index is 12.9. The fraction of sp³-hybridized carbons (Fsp3) is 0.308. The predicted molar refractivity (Wildman–Crippen MR) is 132 cm³/mol. The molecule has 3 amide bonds. The molecule has 2 aromatic carbocycles. The number of amides is 3. The van der Waals surface area contributed by atoms with Crippen molar-refractivity contribution < 1.29 is 14.4 Å². The van der Waals surface area contributed by atoms with Crippen molar-refractivity contribution in [1.82, 2.24) is 25.3 Å². The lowest BCUT2D eigenvalue weighted by molar-refractivity contribution is -0.133. The van der Waals surface area contributed by atoms with Gasteiger partial charge in [0.25, 0.3) is 5.91 Å². The Labute approximate surface area is 198 Å². The molecule has 0 bridgehead atoms. The number of piperazine rings is 1. The van der Waals surface area contributed by atoms with Crippen LogP contribution in [0.1, 0.15) is 41.4 Å². The number of carbonyl (C=O) groups excluding carboxylic acids is 3. The largest absolute Gasteiger partial charge is 0.356 e. The first-order chi connectivity index (χ1) is 16.5. The molecule has 1 saturated heterocycles. The molecule has 3 aromatic rings. The Morgan fingerprint density at radius 2 is 1.68 bits per heavy atom. The third-order valence-corrected chi connectivity index (χ3v) is 5.95. The third-order valence-electron chi connectivity index (χ3n) is 5.95. The van der Waals surface area contributed by atoms with Crippen LogP contribution in [0.4, 0.5) is 0 Å². The summed E-state index contributed by atoms with van der Waals surface area (Å²) in [7, 11) is 0. The lowest BCUT2D eigenvalue weighted by Gasteiger charge is -2.35. The molecule has 4 rings (SSSR count). The molecule has 2 N–H and O–H groups in total. The Bertz CT molecular complexity index is 1190. The number of aromatic amines is 1. The Morgan fingerprint density at radius 1 is 0.971 bits per heavy atom. The molecule has 8 nitrogen and oxygen atoms in total. The van der Waals surface area contributed by atoms with Crippen LogP contribution in [-0.2, 0) is 9.59 Å². The molecule has 0 saturated carbocycles. The summed E-state index contributed by atoms with van der Waals surface area (Å²) in [4.78, 5) is 39.7. The Hall–Kier alpha value is -3.94. The topological polar surface area (TPSA) is 98.4 Å². The van der Waals surface area contributed by atoms with E-state index in [1.807, 2.05) is 60.7 Å². The number of para-hydroxylation sites is 1. The summed E-state index contributed by atoms with van der Waals surface area (Å²) in [6.45, 7) is 4.06. The van der Waals surface area contributed by atoms with Crippen LogP contribution in [-0.4, -0.2) is 70.4 Å². The van der Waals surface area contributed by atoms with Crippen molar-refractivity contribution in [2.24, 2.45) is 0 Å². The van der Waals surface area contributed by atoms with E-state index in [-0.39, 0.29) is 17.7 Å². The molecule has 1 aromatic heterocycles. The zero-order valence-electron chi connectivity index (χ0n) is 19.3. The second kappa shape index (κ2) is 10.8. The van der Waals surface area contributed by atoms with Gasteiger partial charge >= 0.3 is 0 Å². The summed E-state index contributed by atoms with van der Waals surface area (Å²) in [6.07, 6.45) is 4.96. The predicted octanol–water partition coefficient (Wildman–Crippen LogP) is 2.93. The normalized spacial score (nSPS) is 14.0. The molecule has 1 aliphatic rings.